The molecule has 0 unspecified atom stereocenters. The van der Waals surface area contributed by atoms with Crippen LogP contribution >= 0.6 is 11.3 Å². The number of aryl methyl sites for hydroxylation is 1. The summed E-state index contributed by atoms with van der Waals surface area (Å²) in [6.07, 6.45) is -4.58. The number of hydrogen-bond donors (Lipinski definition) is 1. The summed E-state index contributed by atoms with van der Waals surface area (Å²) in [5.74, 6) is -1.44. The molecule has 1 N–H and O–H groups in total. The lowest BCUT2D eigenvalue weighted by atomic mass is 10.4. The van der Waals surface area contributed by atoms with Gasteiger partial charge in [0.2, 0.25) is 5.01 Å². The normalized spacial score (nSPS) is 11.7. The molecule has 0 atom stereocenters. The van der Waals surface area contributed by atoms with Crippen LogP contribution in [0.5, 0.6) is 0 Å². The van der Waals surface area contributed by atoms with Gasteiger partial charge in [-0.2, -0.15) is 13.2 Å². The van der Waals surface area contributed by atoms with E-state index in [2.05, 4.69) is 4.98 Å². The first kappa shape index (κ1) is 9.97. The highest BCUT2D eigenvalue weighted by molar-refractivity contribution is 7.13. The Labute approximate surface area is 74.8 Å². The van der Waals surface area contributed by atoms with Crippen molar-refractivity contribution in [2.45, 2.75) is 13.1 Å². The third kappa shape index (κ3) is 1.97. The number of hydrogen-bond acceptors (Lipinski definition) is 3. The zero-order valence-electron chi connectivity index (χ0n) is 6.34. The van der Waals surface area contributed by atoms with Gasteiger partial charge in [0, 0.05) is 4.88 Å². The fourth-order valence-corrected chi connectivity index (χ4v) is 1.52. The second-order valence-electron chi connectivity index (χ2n) is 2.23. The number of carboxylic acid groups (broad SMARTS) is 1. The molecule has 0 spiro atoms. The molecule has 0 aliphatic carbocycles. The SMILES string of the molecule is Cc1sc(C(=O)O)nc1C(F)(F)F. The van der Waals surface area contributed by atoms with Crippen molar-refractivity contribution in [2.24, 2.45) is 0 Å². The van der Waals surface area contributed by atoms with E-state index in [1.807, 2.05) is 0 Å². The molecule has 13 heavy (non-hydrogen) atoms. The molecule has 0 radical (unpaired) electrons. The van der Waals surface area contributed by atoms with E-state index in [4.69, 9.17) is 5.11 Å². The second kappa shape index (κ2) is 2.99. The van der Waals surface area contributed by atoms with Gasteiger partial charge in [-0.15, -0.1) is 11.3 Å². The number of carbonyl (C=O) groups is 1. The number of nitrogens with zero attached hydrogens (tertiary/aromatic N) is 1. The summed E-state index contributed by atoms with van der Waals surface area (Å²) in [5, 5.41) is 7.83. The van der Waals surface area contributed by atoms with Crippen LogP contribution in [0.2, 0.25) is 0 Å². The molecule has 0 bridgehead atoms. The molecule has 3 nitrogen and oxygen atoms in total. The summed E-state index contributed by atoms with van der Waals surface area (Å²) in [5.41, 5.74) is -1.12. The Morgan fingerprint density at radius 1 is 1.54 bits per heavy atom. The van der Waals surface area contributed by atoms with E-state index in [1.54, 1.807) is 0 Å². The predicted octanol–water partition coefficient (Wildman–Crippen LogP) is 2.17. The molecule has 0 aliphatic heterocycles. The van der Waals surface area contributed by atoms with Crippen molar-refractivity contribution in [2.75, 3.05) is 0 Å². The van der Waals surface area contributed by atoms with E-state index in [9.17, 15) is 18.0 Å². The second-order valence-corrected chi connectivity index (χ2v) is 3.43. The van der Waals surface area contributed by atoms with E-state index < -0.39 is 22.8 Å². The lowest BCUT2D eigenvalue weighted by Gasteiger charge is -2.01. The van der Waals surface area contributed by atoms with Crippen LogP contribution in [-0.4, -0.2) is 16.1 Å². The monoisotopic (exact) mass is 211 g/mol. The van der Waals surface area contributed by atoms with Crippen molar-refractivity contribution >= 4 is 17.3 Å². The van der Waals surface area contributed by atoms with Crippen LogP contribution in [-0.2, 0) is 6.18 Å². The van der Waals surface area contributed by atoms with E-state index >= 15 is 0 Å². The number of thiazole rings is 1. The average molecular weight is 211 g/mol. The fraction of sp³-hybridized carbons (Fsp3) is 0.333. The smallest absolute Gasteiger partial charge is 0.434 e. The minimum absolute atomic E-state index is 0.134. The molecular weight excluding hydrogens is 207 g/mol. The molecule has 1 rings (SSSR count). The standard InChI is InChI=1S/C6H4F3NO2S/c1-2-3(6(7,8)9)10-4(13-2)5(11)12/h1H3,(H,11,12). The maximum Gasteiger partial charge on any atom is 0.434 e. The molecule has 1 heterocycles. The third-order valence-corrected chi connectivity index (χ3v) is 2.21. The third-order valence-electron chi connectivity index (χ3n) is 1.25. The quantitative estimate of drug-likeness (QED) is 0.774. The fourth-order valence-electron chi connectivity index (χ4n) is 0.751. The first-order chi connectivity index (χ1) is 5.82. The van der Waals surface area contributed by atoms with Gasteiger partial charge in [0.15, 0.2) is 5.69 Å². The Morgan fingerprint density at radius 3 is 2.31 bits per heavy atom. The van der Waals surface area contributed by atoms with Gasteiger partial charge in [-0.3, -0.25) is 0 Å². The molecule has 1 aromatic rings. The lowest BCUT2D eigenvalue weighted by Crippen LogP contribution is -2.08. The molecule has 0 saturated carbocycles. The maximum absolute atomic E-state index is 12.1. The number of aromatic carboxylic acids is 1. The Morgan fingerprint density at radius 2 is 2.08 bits per heavy atom. The topological polar surface area (TPSA) is 50.2 Å². The highest BCUT2D eigenvalue weighted by Gasteiger charge is 2.36. The first-order valence-corrected chi connectivity index (χ1v) is 3.92. The molecular formula is C6H4F3NO2S. The zero-order chi connectivity index (χ0) is 10.2. The summed E-state index contributed by atoms with van der Waals surface area (Å²) >= 11 is 0.519. The van der Waals surface area contributed by atoms with Crippen LogP contribution < -0.4 is 0 Å². The highest BCUT2D eigenvalue weighted by atomic mass is 32.1. The van der Waals surface area contributed by atoms with Crippen LogP contribution in [0, 0.1) is 6.92 Å². The van der Waals surface area contributed by atoms with E-state index in [0.29, 0.717) is 11.3 Å². The van der Waals surface area contributed by atoms with Crippen molar-refractivity contribution in [1.82, 2.24) is 4.98 Å². The first-order valence-electron chi connectivity index (χ1n) is 3.10. The van der Waals surface area contributed by atoms with E-state index in [0.717, 1.165) is 0 Å². The molecule has 0 amide bonds. The Bertz CT molecular complexity index is 344. The minimum Gasteiger partial charge on any atom is -0.476 e. The molecule has 7 heteroatoms. The Balaban J connectivity index is 3.18. The van der Waals surface area contributed by atoms with E-state index in [1.165, 1.54) is 6.92 Å². The van der Waals surface area contributed by atoms with Gasteiger partial charge in [0.25, 0.3) is 0 Å². The summed E-state index contributed by atoms with van der Waals surface area (Å²) in [7, 11) is 0. The van der Waals surface area contributed by atoms with Gasteiger partial charge in [0.05, 0.1) is 0 Å². The van der Waals surface area contributed by atoms with Gasteiger partial charge in [0.1, 0.15) is 0 Å². The van der Waals surface area contributed by atoms with Crippen molar-refractivity contribution < 1.29 is 23.1 Å². The summed E-state index contributed by atoms with van der Waals surface area (Å²) < 4.78 is 36.2. The van der Waals surface area contributed by atoms with Crippen LogP contribution in [0.3, 0.4) is 0 Å². The van der Waals surface area contributed by atoms with Gasteiger partial charge < -0.3 is 5.11 Å². The molecule has 72 valence electrons. The number of alkyl halides is 3. The summed E-state index contributed by atoms with van der Waals surface area (Å²) in [6, 6.07) is 0. The summed E-state index contributed by atoms with van der Waals surface area (Å²) in [6.45, 7) is 1.19. The van der Waals surface area contributed by atoms with Crippen molar-refractivity contribution in [3.05, 3.63) is 15.6 Å². The lowest BCUT2D eigenvalue weighted by molar-refractivity contribution is -0.141. The van der Waals surface area contributed by atoms with Crippen molar-refractivity contribution in [3.63, 3.8) is 0 Å². The van der Waals surface area contributed by atoms with E-state index in [-0.39, 0.29) is 4.88 Å². The Hall–Kier alpha value is -1.11. The van der Waals surface area contributed by atoms with Crippen LogP contribution in [0.4, 0.5) is 13.2 Å². The highest BCUT2D eigenvalue weighted by Crippen LogP contribution is 2.33. The minimum atomic E-state index is -4.58. The van der Waals surface area contributed by atoms with Gasteiger partial charge >= 0.3 is 12.1 Å². The van der Waals surface area contributed by atoms with Crippen molar-refractivity contribution in [3.8, 4) is 0 Å². The van der Waals surface area contributed by atoms with Gasteiger partial charge in [-0.1, -0.05) is 0 Å². The molecule has 0 aromatic carbocycles. The molecule has 1 aromatic heterocycles. The predicted molar refractivity (Wildman–Crippen MR) is 38.8 cm³/mol. The van der Waals surface area contributed by atoms with Crippen molar-refractivity contribution in [1.29, 1.82) is 0 Å². The molecule has 0 aliphatic rings. The number of rotatable bonds is 1. The van der Waals surface area contributed by atoms with Crippen LogP contribution in [0.25, 0.3) is 0 Å². The number of carboxylic acids is 1. The number of halogens is 3. The largest absolute Gasteiger partial charge is 0.476 e. The summed E-state index contributed by atoms with van der Waals surface area (Å²) in [4.78, 5) is 13.1. The van der Waals surface area contributed by atoms with Crippen LogP contribution in [0.15, 0.2) is 0 Å². The van der Waals surface area contributed by atoms with Gasteiger partial charge in [-0.05, 0) is 6.92 Å². The maximum atomic E-state index is 12.1. The van der Waals surface area contributed by atoms with Crippen LogP contribution in [0.1, 0.15) is 20.4 Å². The zero-order valence-corrected chi connectivity index (χ0v) is 7.16. The van der Waals surface area contributed by atoms with Gasteiger partial charge in [-0.25, -0.2) is 9.78 Å². The molecule has 0 fully saturated rings. The molecule has 0 saturated heterocycles. The Kier molecular flexibility index (Phi) is 2.29. The number of aromatic nitrogens is 1. The average Bonchev–Trinajstić information content (AvgIpc) is 2.29.